The Kier molecular flexibility index (Phi) is 5.97. The van der Waals surface area contributed by atoms with Crippen LogP contribution < -0.4 is 5.73 Å². The average molecular weight is 309 g/mol. The molecule has 1 aliphatic heterocycles. The summed E-state index contributed by atoms with van der Waals surface area (Å²) in [5.41, 5.74) is 8.73. The first kappa shape index (κ1) is 17.7. The predicted molar refractivity (Wildman–Crippen MR) is 90.2 cm³/mol. The third kappa shape index (κ3) is 4.07. The SMILES string of the molecule is CCCCC(C(N)=O)C1=NC(C)(C)Cc2ccccc21.Cl. The van der Waals surface area contributed by atoms with E-state index in [1.54, 1.807) is 0 Å². The highest BCUT2D eigenvalue weighted by Gasteiger charge is 2.32. The van der Waals surface area contributed by atoms with Gasteiger partial charge in [0, 0.05) is 0 Å². The first-order chi connectivity index (χ1) is 9.44. The quantitative estimate of drug-likeness (QED) is 0.889. The highest BCUT2D eigenvalue weighted by atomic mass is 35.5. The van der Waals surface area contributed by atoms with Gasteiger partial charge in [-0.25, -0.2) is 0 Å². The van der Waals surface area contributed by atoms with E-state index < -0.39 is 0 Å². The van der Waals surface area contributed by atoms with Gasteiger partial charge in [0.2, 0.25) is 5.91 Å². The number of carbonyl (C=O) groups excluding carboxylic acids is 1. The number of aliphatic imine (C=N–C) groups is 1. The molecule has 1 atom stereocenters. The zero-order chi connectivity index (χ0) is 14.8. The number of rotatable bonds is 5. The first-order valence-electron chi connectivity index (χ1n) is 7.42. The summed E-state index contributed by atoms with van der Waals surface area (Å²) in [6, 6.07) is 8.24. The molecule has 3 nitrogen and oxygen atoms in total. The first-order valence-corrected chi connectivity index (χ1v) is 7.42. The Morgan fingerprint density at radius 3 is 2.67 bits per heavy atom. The van der Waals surface area contributed by atoms with E-state index in [-0.39, 0.29) is 29.8 Å². The maximum absolute atomic E-state index is 11.9. The Bertz CT molecular complexity index is 537. The van der Waals surface area contributed by atoms with Crippen LogP contribution >= 0.6 is 12.4 Å². The molecule has 2 rings (SSSR count). The number of fused-ring (bicyclic) bond motifs is 1. The van der Waals surface area contributed by atoms with Crippen LogP contribution in [0.5, 0.6) is 0 Å². The minimum absolute atomic E-state index is 0. The number of unbranched alkanes of at least 4 members (excludes halogenated alkanes) is 1. The van der Waals surface area contributed by atoms with E-state index in [2.05, 4.69) is 32.9 Å². The number of nitrogens with two attached hydrogens (primary N) is 1. The van der Waals surface area contributed by atoms with Crippen LogP contribution in [-0.4, -0.2) is 17.2 Å². The molecule has 1 aromatic rings. The van der Waals surface area contributed by atoms with Gasteiger partial charge in [0.05, 0.1) is 17.2 Å². The van der Waals surface area contributed by atoms with E-state index in [0.717, 1.165) is 37.0 Å². The monoisotopic (exact) mass is 308 g/mol. The fraction of sp³-hybridized carbons (Fsp3) is 0.529. The van der Waals surface area contributed by atoms with Crippen LogP contribution in [0.3, 0.4) is 0 Å². The molecular formula is C17H25ClN2O. The van der Waals surface area contributed by atoms with Crippen LogP contribution in [0, 0.1) is 5.92 Å². The Morgan fingerprint density at radius 1 is 1.38 bits per heavy atom. The Hall–Kier alpha value is -1.35. The summed E-state index contributed by atoms with van der Waals surface area (Å²) in [5, 5.41) is 0. The van der Waals surface area contributed by atoms with Crippen LogP contribution in [0.15, 0.2) is 29.3 Å². The highest BCUT2D eigenvalue weighted by Crippen LogP contribution is 2.30. The van der Waals surface area contributed by atoms with Gasteiger partial charge in [-0.05, 0) is 37.8 Å². The maximum atomic E-state index is 11.9. The van der Waals surface area contributed by atoms with E-state index in [1.165, 1.54) is 5.56 Å². The van der Waals surface area contributed by atoms with Crippen molar-refractivity contribution in [2.45, 2.75) is 52.0 Å². The molecule has 0 saturated carbocycles. The zero-order valence-corrected chi connectivity index (χ0v) is 13.9. The summed E-state index contributed by atoms with van der Waals surface area (Å²) < 4.78 is 0. The number of amides is 1. The molecule has 0 bridgehead atoms. The molecule has 1 aliphatic rings. The molecule has 0 spiro atoms. The normalized spacial score (nSPS) is 17.2. The van der Waals surface area contributed by atoms with Crippen molar-refractivity contribution in [3.8, 4) is 0 Å². The third-order valence-electron chi connectivity index (χ3n) is 3.86. The van der Waals surface area contributed by atoms with Gasteiger partial charge in [0.25, 0.3) is 0 Å². The van der Waals surface area contributed by atoms with E-state index in [1.807, 2.05) is 12.1 Å². The van der Waals surface area contributed by atoms with Crippen molar-refractivity contribution < 1.29 is 4.79 Å². The topological polar surface area (TPSA) is 55.5 Å². The molecule has 0 radical (unpaired) electrons. The lowest BCUT2D eigenvalue weighted by atomic mass is 9.81. The van der Waals surface area contributed by atoms with Gasteiger partial charge in [-0.2, -0.15) is 0 Å². The average Bonchev–Trinajstić information content (AvgIpc) is 2.37. The highest BCUT2D eigenvalue weighted by molar-refractivity contribution is 6.14. The van der Waals surface area contributed by atoms with Crippen LogP contribution in [0.1, 0.15) is 51.2 Å². The fourth-order valence-corrected chi connectivity index (χ4v) is 2.90. The van der Waals surface area contributed by atoms with Crippen molar-refractivity contribution in [1.82, 2.24) is 0 Å². The summed E-state index contributed by atoms with van der Waals surface area (Å²) in [4.78, 5) is 16.7. The van der Waals surface area contributed by atoms with E-state index >= 15 is 0 Å². The molecule has 0 saturated heterocycles. The van der Waals surface area contributed by atoms with Gasteiger partial charge in [-0.3, -0.25) is 9.79 Å². The van der Waals surface area contributed by atoms with Crippen molar-refractivity contribution in [1.29, 1.82) is 0 Å². The summed E-state index contributed by atoms with van der Waals surface area (Å²) in [5.74, 6) is -0.527. The molecule has 1 heterocycles. The van der Waals surface area contributed by atoms with Crippen LogP contribution in [0.4, 0.5) is 0 Å². The summed E-state index contributed by atoms with van der Waals surface area (Å²) in [7, 11) is 0. The van der Waals surface area contributed by atoms with E-state index in [0.29, 0.717) is 0 Å². The molecule has 1 aromatic carbocycles. The molecule has 1 unspecified atom stereocenters. The molecule has 21 heavy (non-hydrogen) atoms. The van der Waals surface area contributed by atoms with Crippen LogP contribution in [0.2, 0.25) is 0 Å². The molecule has 116 valence electrons. The number of halogens is 1. The van der Waals surface area contributed by atoms with Crippen molar-refractivity contribution in [2.75, 3.05) is 0 Å². The molecule has 0 fully saturated rings. The second-order valence-electron chi connectivity index (χ2n) is 6.24. The largest absolute Gasteiger partial charge is 0.369 e. The standard InChI is InChI=1S/C17H24N2O.ClH/c1-4-5-9-14(16(18)20)15-13-10-7-6-8-12(13)11-17(2,3)19-15;/h6-8,10,14H,4-5,9,11H2,1-3H3,(H2,18,20);1H. The molecule has 0 aliphatic carbocycles. The van der Waals surface area contributed by atoms with Gasteiger partial charge < -0.3 is 5.73 Å². The number of benzene rings is 1. The summed E-state index contributed by atoms with van der Waals surface area (Å²) >= 11 is 0. The van der Waals surface area contributed by atoms with Gasteiger partial charge in [-0.15, -0.1) is 12.4 Å². The van der Waals surface area contributed by atoms with Gasteiger partial charge in [-0.1, -0.05) is 44.0 Å². The van der Waals surface area contributed by atoms with E-state index in [4.69, 9.17) is 10.7 Å². The summed E-state index contributed by atoms with van der Waals surface area (Å²) in [6.45, 7) is 6.35. The molecular weight excluding hydrogens is 284 g/mol. The number of nitrogens with zero attached hydrogens (tertiary/aromatic N) is 1. The second-order valence-corrected chi connectivity index (χ2v) is 6.24. The van der Waals surface area contributed by atoms with Gasteiger partial charge in [0.15, 0.2) is 0 Å². The minimum Gasteiger partial charge on any atom is -0.369 e. The third-order valence-corrected chi connectivity index (χ3v) is 3.86. The number of carbonyl (C=O) groups is 1. The second kappa shape index (κ2) is 7.08. The predicted octanol–water partition coefficient (Wildman–Crippen LogP) is 3.52. The fourth-order valence-electron chi connectivity index (χ4n) is 2.90. The number of hydrogen-bond donors (Lipinski definition) is 1. The lowest BCUT2D eigenvalue weighted by Crippen LogP contribution is -2.37. The minimum atomic E-state index is -0.268. The van der Waals surface area contributed by atoms with Crippen LogP contribution in [-0.2, 0) is 11.2 Å². The van der Waals surface area contributed by atoms with Crippen molar-refractivity contribution in [3.05, 3.63) is 35.4 Å². The van der Waals surface area contributed by atoms with Crippen molar-refractivity contribution in [3.63, 3.8) is 0 Å². The van der Waals surface area contributed by atoms with Gasteiger partial charge in [0.1, 0.15) is 0 Å². The number of hydrogen-bond acceptors (Lipinski definition) is 2. The smallest absolute Gasteiger partial charge is 0.226 e. The number of primary amides is 1. The van der Waals surface area contributed by atoms with E-state index in [9.17, 15) is 4.79 Å². The van der Waals surface area contributed by atoms with Crippen molar-refractivity contribution in [2.24, 2.45) is 16.6 Å². The summed E-state index contributed by atoms with van der Waals surface area (Å²) in [6.07, 6.45) is 3.75. The lowest BCUT2D eigenvalue weighted by molar-refractivity contribution is -0.120. The molecule has 0 aromatic heterocycles. The lowest BCUT2D eigenvalue weighted by Gasteiger charge is -2.31. The molecule has 2 N–H and O–H groups in total. The Labute approximate surface area is 133 Å². The molecule has 4 heteroatoms. The maximum Gasteiger partial charge on any atom is 0.226 e. The van der Waals surface area contributed by atoms with Gasteiger partial charge >= 0.3 is 0 Å². The van der Waals surface area contributed by atoms with Crippen LogP contribution in [0.25, 0.3) is 0 Å². The Morgan fingerprint density at radius 2 is 2.05 bits per heavy atom. The Balaban J connectivity index is 0.00000220. The molecule has 1 amide bonds. The zero-order valence-electron chi connectivity index (χ0n) is 13.1. The van der Waals surface area contributed by atoms with Crippen molar-refractivity contribution >= 4 is 24.0 Å².